The number of allylic oxidation sites excluding steroid dienone is 2. The van der Waals surface area contributed by atoms with Crippen LogP contribution in [-0.2, 0) is 0 Å². The minimum Gasteiger partial charge on any atom is -0.363 e. The lowest BCUT2D eigenvalue weighted by atomic mass is 9.97. The third kappa shape index (κ3) is 3.52. The number of thiol groups is 1. The van der Waals surface area contributed by atoms with Crippen molar-refractivity contribution in [1.29, 1.82) is 5.41 Å². The fourth-order valence-corrected chi connectivity index (χ4v) is 3.78. The summed E-state index contributed by atoms with van der Waals surface area (Å²) in [6.45, 7) is 5.97. The third-order valence-corrected chi connectivity index (χ3v) is 5.59. The van der Waals surface area contributed by atoms with Gasteiger partial charge in [0.05, 0.1) is 11.4 Å². The second kappa shape index (κ2) is 7.45. The third-order valence-electron chi connectivity index (χ3n) is 4.37. The van der Waals surface area contributed by atoms with Crippen LogP contribution < -0.4 is 10.2 Å². The second-order valence-corrected chi connectivity index (χ2v) is 6.87. The van der Waals surface area contributed by atoms with Crippen LogP contribution in [0.1, 0.15) is 6.92 Å². The summed E-state index contributed by atoms with van der Waals surface area (Å²) in [6.07, 6.45) is 5.78. The van der Waals surface area contributed by atoms with E-state index in [1.807, 2.05) is 25.3 Å². The highest BCUT2D eigenvalue weighted by Crippen LogP contribution is 2.25. The Labute approximate surface area is 151 Å². The van der Waals surface area contributed by atoms with Gasteiger partial charge < -0.3 is 10.2 Å². The molecule has 1 aliphatic heterocycles. The molecule has 1 aliphatic carbocycles. The molecule has 0 bridgehead atoms. The topological polar surface area (TPSA) is 80.5 Å². The minimum atomic E-state index is 0.271. The Morgan fingerprint density at radius 3 is 2.62 bits per heavy atom. The standard InChI is InChI=1S/C15H21N7S2/c1-10(11-3-4-13(20-23)12(16)9-11)21-5-7-22(8-6-21)15-19-18-14(17-2)24-15/h3-4,9-10,16,23H,5-8H2,1-2H3,(H,17,18)/b16-12?,20-13-. The Morgan fingerprint density at radius 2 is 2.04 bits per heavy atom. The van der Waals surface area contributed by atoms with Crippen LogP contribution in [0.15, 0.2) is 28.2 Å². The summed E-state index contributed by atoms with van der Waals surface area (Å²) in [6, 6.07) is 0.271. The van der Waals surface area contributed by atoms with Gasteiger partial charge in [-0.1, -0.05) is 17.4 Å². The number of rotatable bonds is 4. The number of hydrogen-bond acceptors (Lipinski definition) is 9. The lowest BCUT2D eigenvalue weighted by molar-refractivity contribution is 0.222. The first-order chi connectivity index (χ1) is 11.6. The van der Waals surface area contributed by atoms with Crippen LogP contribution in [0.4, 0.5) is 10.3 Å². The lowest BCUT2D eigenvalue weighted by Gasteiger charge is -2.38. The zero-order valence-corrected chi connectivity index (χ0v) is 15.4. The van der Waals surface area contributed by atoms with Crippen molar-refractivity contribution in [3.8, 4) is 0 Å². The van der Waals surface area contributed by atoms with E-state index >= 15 is 0 Å². The van der Waals surface area contributed by atoms with Crippen LogP contribution in [0, 0.1) is 5.41 Å². The molecular formula is C15H21N7S2. The van der Waals surface area contributed by atoms with E-state index < -0.39 is 0 Å². The molecule has 0 saturated carbocycles. The van der Waals surface area contributed by atoms with Crippen LogP contribution in [-0.4, -0.2) is 65.8 Å². The molecule has 9 heteroatoms. The Kier molecular flexibility index (Phi) is 5.32. The Balaban J connectivity index is 1.60. The fraction of sp³-hybridized carbons (Fsp3) is 0.467. The molecule has 1 aromatic rings. The molecule has 1 fully saturated rings. The van der Waals surface area contributed by atoms with Gasteiger partial charge in [-0.2, -0.15) is 0 Å². The van der Waals surface area contributed by atoms with E-state index in [0.29, 0.717) is 11.4 Å². The number of anilines is 2. The van der Waals surface area contributed by atoms with Crippen LogP contribution >= 0.6 is 24.2 Å². The first-order valence-corrected chi connectivity index (χ1v) is 9.05. The van der Waals surface area contributed by atoms with Crippen molar-refractivity contribution >= 4 is 45.8 Å². The van der Waals surface area contributed by atoms with Crippen LogP contribution in [0.2, 0.25) is 0 Å². The monoisotopic (exact) mass is 363 g/mol. The van der Waals surface area contributed by atoms with Crippen molar-refractivity contribution in [2.75, 3.05) is 43.4 Å². The van der Waals surface area contributed by atoms with Gasteiger partial charge in [0.1, 0.15) is 0 Å². The van der Waals surface area contributed by atoms with Gasteiger partial charge in [0.25, 0.3) is 0 Å². The summed E-state index contributed by atoms with van der Waals surface area (Å²) < 4.78 is 3.81. The van der Waals surface area contributed by atoms with Gasteiger partial charge in [-0.15, -0.1) is 10.2 Å². The zero-order valence-electron chi connectivity index (χ0n) is 13.7. The van der Waals surface area contributed by atoms with E-state index in [0.717, 1.165) is 42.0 Å². The van der Waals surface area contributed by atoms with Gasteiger partial charge in [-0.3, -0.25) is 10.3 Å². The lowest BCUT2D eigenvalue weighted by Crippen LogP contribution is -2.50. The van der Waals surface area contributed by atoms with E-state index in [-0.39, 0.29) is 6.04 Å². The Morgan fingerprint density at radius 1 is 1.29 bits per heavy atom. The Hall–Kier alpha value is -1.71. The molecule has 0 radical (unpaired) electrons. The van der Waals surface area contributed by atoms with Gasteiger partial charge in [-0.05, 0) is 37.5 Å². The number of hydrogen-bond donors (Lipinski definition) is 3. The normalized spacial score (nSPS) is 22.0. The van der Waals surface area contributed by atoms with E-state index in [9.17, 15) is 0 Å². The summed E-state index contributed by atoms with van der Waals surface area (Å²) in [5, 5.41) is 21.2. The SMILES string of the molecule is CNc1nnc(N2CCN(C(C)C3=CC(=N)/C(=N\S)C=C3)CC2)s1. The highest BCUT2D eigenvalue weighted by molar-refractivity contribution is 7.79. The number of aromatic nitrogens is 2. The molecule has 128 valence electrons. The number of nitrogens with one attached hydrogen (secondary N) is 2. The summed E-state index contributed by atoms with van der Waals surface area (Å²) >= 11 is 5.48. The molecule has 2 aliphatic rings. The molecule has 0 aromatic carbocycles. The van der Waals surface area contributed by atoms with Gasteiger partial charge in [0.15, 0.2) is 0 Å². The quantitative estimate of drug-likeness (QED) is 0.562. The van der Waals surface area contributed by atoms with Gasteiger partial charge in [-0.25, -0.2) is 4.40 Å². The van der Waals surface area contributed by atoms with E-state index in [1.54, 1.807) is 11.3 Å². The molecule has 2 heterocycles. The molecule has 0 spiro atoms. The van der Waals surface area contributed by atoms with E-state index in [4.69, 9.17) is 5.41 Å². The van der Waals surface area contributed by atoms with Crippen molar-refractivity contribution in [2.45, 2.75) is 13.0 Å². The minimum absolute atomic E-state index is 0.271. The van der Waals surface area contributed by atoms with Crippen molar-refractivity contribution < 1.29 is 0 Å². The van der Waals surface area contributed by atoms with Crippen molar-refractivity contribution in [1.82, 2.24) is 15.1 Å². The number of piperazine rings is 1. The molecule has 1 atom stereocenters. The Bertz CT molecular complexity index is 698. The molecule has 7 nitrogen and oxygen atoms in total. The molecular weight excluding hydrogens is 342 g/mol. The first kappa shape index (κ1) is 17.1. The van der Waals surface area contributed by atoms with Gasteiger partial charge in [0.2, 0.25) is 10.3 Å². The molecule has 1 saturated heterocycles. The maximum atomic E-state index is 7.99. The van der Waals surface area contributed by atoms with Crippen LogP contribution in [0.25, 0.3) is 0 Å². The van der Waals surface area contributed by atoms with Gasteiger partial charge >= 0.3 is 0 Å². The molecule has 1 unspecified atom stereocenters. The molecule has 1 aromatic heterocycles. The van der Waals surface area contributed by atoms with Gasteiger partial charge in [0, 0.05) is 39.3 Å². The first-order valence-electron chi connectivity index (χ1n) is 7.83. The molecule has 2 N–H and O–H groups in total. The molecule has 24 heavy (non-hydrogen) atoms. The van der Waals surface area contributed by atoms with E-state index in [1.165, 1.54) is 0 Å². The summed E-state index contributed by atoms with van der Waals surface area (Å²) in [4.78, 5) is 4.71. The maximum absolute atomic E-state index is 7.99. The predicted molar refractivity (Wildman–Crippen MR) is 104 cm³/mol. The van der Waals surface area contributed by atoms with E-state index in [2.05, 4.69) is 49.5 Å². The van der Waals surface area contributed by atoms with Crippen molar-refractivity contribution in [3.05, 3.63) is 23.8 Å². The molecule has 0 amide bonds. The highest BCUT2D eigenvalue weighted by atomic mass is 32.1. The van der Waals surface area contributed by atoms with Crippen molar-refractivity contribution in [3.63, 3.8) is 0 Å². The average molecular weight is 364 g/mol. The molecule has 3 rings (SSSR count). The van der Waals surface area contributed by atoms with Crippen molar-refractivity contribution in [2.24, 2.45) is 4.40 Å². The average Bonchev–Trinajstić information content (AvgIpc) is 3.10. The maximum Gasteiger partial charge on any atom is 0.210 e. The highest BCUT2D eigenvalue weighted by Gasteiger charge is 2.25. The number of nitrogens with zero attached hydrogens (tertiary/aromatic N) is 5. The summed E-state index contributed by atoms with van der Waals surface area (Å²) in [5.41, 5.74) is 2.17. The van der Waals surface area contributed by atoms with Crippen LogP contribution in [0.3, 0.4) is 0 Å². The smallest absolute Gasteiger partial charge is 0.210 e. The summed E-state index contributed by atoms with van der Waals surface area (Å²) in [5.74, 6) is 0. The predicted octanol–water partition coefficient (Wildman–Crippen LogP) is 1.89. The second-order valence-electron chi connectivity index (χ2n) is 5.72. The van der Waals surface area contributed by atoms with Crippen LogP contribution in [0.5, 0.6) is 0 Å². The summed E-state index contributed by atoms with van der Waals surface area (Å²) in [7, 11) is 1.86. The fourth-order valence-electron chi connectivity index (χ4n) is 2.86. The zero-order chi connectivity index (χ0) is 17.1. The largest absolute Gasteiger partial charge is 0.363 e.